The van der Waals surface area contributed by atoms with Crippen LogP contribution in [0.2, 0.25) is 0 Å². The number of aliphatic hydroxyl groups is 1. The topological polar surface area (TPSA) is 66.3 Å². The minimum Gasteiger partial charge on any atom is -0.388 e. The molecule has 3 aliphatic rings. The molecule has 1 aromatic heterocycles. The van der Waals surface area contributed by atoms with E-state index in [4.69, 9.17) is 0 Å². The lowest BCUT2D eigenvalue weighted by molar-refractivity contribution is 0.0256. The summed E-state index contributed by atoms with van der Waals surface area (Å²) in [6, 6.07) is 0. The molecule has 2 aliphatic carbocycles. The Hall–Kier alpha value is -1.49. The fraction of sp³-hybridized carbons (Fsp3) is 0.688. The van der Waals surface area contributed by atoms with Gasteiger partial charge in [0.05, 0.1) is 23.4 Å². The van der Waals surface area contributed by atoms with Crippen molar-refractivity contribution >= 4 is 5.91 Å². The maximum Gasteiger partial charge on any atom is 0.257 e. The van der Waals surface area contributed by atoms with Gasteiger partial charge in [-0.2, -0.15) is 0 Å². The van der Waals surface area contributed by atoms with Crippen LogP contribution >= 0.6 is 0 Å². The Morgan fingerprint density at radius 1 is 1.38 bits per heavy atom. The minimum absolute atomic E-state index is 0.00604. The lowest BCUT2D eigenvalue weighted by Gasteiger charge is -2.23. The number of β-amino-alcohol motifs (C(OH)–C–C–N with tert-alkyl or cyclic N) is 1. The molecule has 21 heavy (non-hydrogen) atoms. The van der Waals surface area contributed by atoms with Gasteiger partial charge < -0.3 is 10.0 Å². The number of carbonyl (C=O) groups is 1. The third kappa shape index (κ3) is 2.33. The van der Waals surface area contributed by atoms with Crippen LogP contribution in [0.1, 0.15) is 59.9 Å². The third-order valence-electron chi connectivity index (χ3n) is 5.04. The quantitative estimate of drug-likeness (QED) is 0.918. The molecule has 0 bridgehead atoms. The maximum absolute atomic E-state index is 12.8. The van der Waals surface area contributed by atoms with Crippen molar-refractivity contribution in [3.63, 3.8) is 0 Å². The van der Waals surface area contributed by atoms with E-state index in [9.17, 15) is 9.90 Å². The Morgan fingerprint density at radius 3 is 2.81 bits per heavy atom. The first-order chi connectivity index (χ1) is 10.1. The van der Waals surface area contributed by atoms with Gasteiger partial charge in [-0.1, -0.05) is 0 Å². The number of hydrogen-bond acceptors (Lipinski definition) is 4. The Morgan fingerprint density at radius 2 is 2.14 bits per heavy atom. The van der Waals surface area contributed by atoms with Crippen molar-refractivity contribution < 1.29 is 9.90 Å². The summed E-state index contributed by atoms with van der Waals surface area (Å²) in [5.41, 5.74) is 0.901. The molecule has 5 heteroatoms. The van der Waals surface area contributed by atoms with Crippen LogP contribution in [0.3, 0.4) is 0 Å². The molecule has 4 rings (SSSR count). The number of hydrogen-bond donors (Lipinski definition) is 1. The van der Waals surface area contributed by atoms with Gasteiger partial charge in [-0.3, -0.25) is 4.79 Å². The average molecular weight is 287 g/mol. The van der Waals surface area contributed by atoms with Gasteiger partial charge >= 0.3 is 0 Å². The molecule has 2 saturated carbocycles. The monoisotopic (exact) mass is 287 g/mol. The number of nitrogens with zero attached hydrogens (tertiary/aromatic N) is 3. The molecule has 1 saturated heterocycles. The van der Waals surface area contributed by atoms with E-state index in [2.05, 4.69) is 9.97 Å². The van der Waals surface area contributed by atoms with Gasteiger partial charge in [0.25, 0.3) is 5.91 Å². The van der Waals surface area contributed by atoms with Gasteiger partial charge in [0, 0.05) is 18.7 Å². The van der Waals surface area contributed by atoms with Gasteiger partial charge in [-0.05, 0) is 44.9 Å². The van der Waals surface area contributed by atoms with Gasteiger partial charge in [0.15, 0.2) is 0 Å². The highest BCUT2D eigenvalue weighted by Gasteiger charge is 2.49. The Labute approximate surface area is 124 Å². The highest BCUT2D eigenvalue weighted by atomic mass is 16.3. The van der Waals surface area contributed by atoms with Crippen LogP contribution in [-0.4, -0.2) is 44.6 Å². The molecular weight excluding hydrogens is 266 g/mol. The average Bonchev–Trinajstić information content (AvgIpc) is 3.36. The molecular formula is C16H21N3O2. The molecule has 112 valence electrons. The van der Waals surface area contributed by atoms with Crippen LogP contribution in [0, 0.1) is 12.8 Å². The number of rotatable bonds is 3. The van der Waals surface area contributed by atoms with Crippen molar-refractivity contribution in [2.45, 2.75) is 50.5 Å². The third-order valence-corrected chi connectivity index (χ3v) is 5.04. The van der Waals surface area contributed by atoms with Crippen LogP contribution in [0.4, 0.5) is 0 Å². The maximum atomic E-state index is 12.8. The zero-order valence-corrected chi connectivity index (χ0v) is 12.4. The molecule has 0 spiro atoms. The zero-order chi connectivity index (χ0) is 14.6. The number of carbonyl (C=O) groups excluding carboxylic acids is 1. The molecule has 3 fully saturated rings. The van der Waals surface area contributed by atoms with E-state index in [1.54, 1.807) is 11.1 Å². The van der Waals surface area contributed by atoms with Gasteiger partial charge in [0.2, 0.25) is 0 Å². The summed E-state index contributed by atoms with van der Waals surface area (Å²) < 4.78 is 0. The van der Waals surface area contributed by atoms with Crippen molar-refractivity contribution in [1.29, 1.82) is 0 Å². The Bertz CT molecular complexity index is 595. The summed E-state index contributed by atoms with van der Waals surface area (Å²) in [5.74, 6) is 1.54. The van der Waals surface area contributed by atoms with E-state index in [0.717, 1.165) is 37.2 Å². The number of likely N-dealkylation sites (tertiary alicyclic amines) is 1. The summed E-state index contributed by atoms with van der Waals surface area (Å²) >= 11 is 0. The van der Waals surface area contributed by atoms with Crippen LogP contribution in [0.25, 0.3) is 0 Å². The summed E-state index contributed by atoms with van der Waals surface area (Å²) in [5, 5.41) is 10.6. The largest absolute Gasteiger partial charge is 0.388 e. The fourth-order valence-electron chi connectivity index (χ4n) is 3.44. The predicted octanol–water partition coefficient (Wildman–Crippen LogP) is 1.65. The minimum atomic E-state index is -0.652. The van der Waals surface area contributed by atoms with Crippen LogP contribution in [0.15, 0.2) is 6.20 Å². The fourth-order valence-corrected chi connectivity index (χ4v) is 3.44. The predicted molar refractivity (Wildman–Crippen MR) is 76.9 cm³/mol. The first kappa shape index (κ1) is 13.2. The standard InChI is InChI=1S/C16H21N3O2/c1-10-17-8-13(14(18-10)11-2-3-11)15(20)19-7-6-16(21,9-19)12-4-5-12/h8,11-12,21H,2-7,9H2,1H3. The molecule has 0 aromatic carbocycles. The normalized spacial score (nSPS) is 29.0. The van der Waals surface area contributed by atoms with Crippen molar-refractivity contribution in [1.82, 2.24) is 14.9 Å². The molecule has 5 nitrogen and oxygen atoms in total. The highest BCUT2D eigenvalue weighted by molar-refractivity contribution is 5.95. The summed E-state index contributed by atoms with van der Waals surface area (Å²) in [6.45, 7) is 2.97. The van der Waals surface area contributed by atoms with Crippen molar-refractivity contribution in [2.24, 2.45) is 5.92 Å². The van der Waals surface area contributed by atoms with Crippen LogP contribution in [-0.2, 0) is 0 Å². The first-order valence-corrected chi connectivity index (χ1v) is 7.92. The van der Waals surface area contributed by atoms with E-state index in [1.807, 2.05) is 6.92 Å². The van der Waals surface area contributed by atoms with Gasteiger partial charge in [0.1, 0.15) is 5.82 Å². The summed E-state index contributed by atoms with van der Waals surface area (Å²) in [4.78, 5) is 23.3. The highest BCUT2D eigenvalue weighted by Crippen LogP contribution is 2.45. The summed E-state index contributed by atoms with van der Waals surface area (Å²) in [6.07, 6.45) is 6.80. The molecule has 2 heterocycles. The van der Waals surface area contributed by atoms with E-state index in [0.29, 0.717) is 36.9 Å². The smallest absolute Gasteiger partial charge is 0.257 e. The lowest BCUT2D eigenvalue weighted by atomic mass is 9.97. The molecule has 1 aromatic rings. The van der Waals surface area contributed by atoms with E-state index in [1.165, 1.54) is 0 Å². The Balaban J connectivity index is 1.58. The van der Waals surface area contributed by atoms with Gasteiger partial charge in [-0.25, -0.2) is 9.97 Å². The summed E-state index contributed by atoms with van der Waals surface area (Å²) in [7, 11) is 0. The van der Waals surface area contributed by atoms with Crippen molar-refractivity contribution in [2.75, 3.05) is 13.1 Å². The van der Waals surface area contributed by atoms with Crippen LogP contribution < -0.4 is 0 Å². The molecule has 1 aliphatic heterocycles. The van der Waals surface area contributed by atoms with Crippen molar-refractivity contribution in [3.8, 4) is 0 Å². The first-order valence-electron chi connectivity index (χ1n) is 7.92. The number of aryl methyl sites for hydroxylation is 1. The molecule has 0 radical (unpaired) electrons. The van der Waals surface area contributed by atoms with E-state index < -0.39 is 5.60 Å². The van der Waals surface area contributed by atoms with Gasteiger partial charge in [-0.15, -0.1) is 0 Å². The van der Waals surface area contributed by atoms with Crippen LogP contribution in [0.5, 0.6) is 0 Å². The molecule has 1 N–H and O–H groups in total. The zero-order valence-electron chi connectivity index (χ0n) is 12.4. The second-order valence-electron chi connectivity index (χ2n) is 6.84. The molecule has 1 amide bonds. The second-order valence-corrected chi connectivity index (χ2v) is 6.84. The number of amides is 1. The lowest BCUT2D eigenvalue weighted by Crippen LogP contribution is -2.38. The number of aromatic nitrogens is 2. The van der Waals surface area contributed by atoms with E-state index in [-0.39, 0.29) is 5.91 Å². The Kier molecular flexibility index (Phi) is 2.83. The molecule has 1 atom stereocenters. The van der Waals surface area contributed by atoms with Crippen molar-refractivity contribution in [3.05, 3.63) is 23.3 Å². The molecule has 1 unspecified atom stereocenters. The SMILES string of the molecule is Cc1ncc(C(=O)N2CCC(O)(C3CC3)C2)c(C2CC2)n1. The van der Waals surface area contributed by atoms with E-state index >= 15 is 0 Å². The second kappa shape index (κ2) is 4.50.